The van der Waals surface area contributed by atoms with Gasteiger partial charge in [-0.25, -0.2) is 0 Å². The Morgan fingerprint density at radius 3 is 2.44 bits per heavy atom. The molecule has 1 aromatic rings. The van der Waals surface area contributed by atoms with Crippen molar-refractivity contribution in [2.45, 2.75) is 6.18 Å². The van der Waals surface area contributed by atoms with Gasteiger partial charge in [-0.2, -0.15) is 13.2 Å². The highest BCUT2D eigenvalue weighted by Gasteiger charge is 2.31. The third-order valence-corrected chi connectivity index (χ3v) is 2.16. The number of carboxylic acids is 1. The lowest BCUT2D eigenvalue weighted by molar-refractivity contribution is -0.138. The first-order valence-electron chi connectivity index (χ1n) is 4.86. The van der Waals surface area contributed by atoms with Gasteiger partial charge in [0.1, 0.15) is 6.54 Å². The highest BCUT2D eigenvalue weighted by molar-refractivity contribution is 5.95. The minimum absolute atomic E-state index is 0.200. The molecule has 0 atom stereocenters. The molecule has 1 rings (SSSR count). The predicted octanol–water partition coefficient (Wildman–Crippen LogP) is 1.86. The van der Waals surface area contributed by atoms with Crippen molar-refractivity contribution in [3.63, 3.8) is 0 Å². The predicted molar refractivity (Wildman–Crippen MR) is 56.0 cm³/mol. The standard InChI is InChI=1S/C11H10F3NO3/c1-15(6-9(16)17)10(18)7-3-2-4-8(5-7)11(12,13)14/h2-5H,6H2,1H3,(H,16,17). The molecule has 1 aromatic carbocycles. The number of rotatable bonds is 3. The van der Waals surface area contributed by atoms with E-state index in [0.29, 0.717) is 6.07 Å². The third kappa shape index (κ3) is 3.47. The molecule has 7 heteroatoms. The van der Waals surface area contributed by atoms with Crippen molar-refractivity contribution in [1.82, 2.24) is 4.90 Å². The Labute approximate surface area is 101 Å². The zero-order chi connectivity index (χ0) is 13.9. The first-order chi connectivity index (χ1) is 8.21. The van der Waals surface area contributed by atoms with Crippen molar-refractivity contribution in [3.8, 4) is 0 Å². The summed E-state index contributed by atoms with van der Waals surface area (Å²) in [4.78, 5) is 22.9. The molecule has 0 bridgehead atoms. The summed E-state index contributed by atoms with van der Waals surface area (Å²) in [5.41, 5.74) is -1.15. The molecule has 0 saturated carbocycles. The smallest absolute Gasteiger partial charge is 0.416 e. The van der Waals surface area contributed by atoms with Crippen LogP contribution in [0.25, 0.3) is 0 Å². The maximum Gasteiger partial charge on any atom is 0.416 e. The van der Waals surface area contributed by atoms with E-state index in [2.05, 4.69) is 0 Å². The van der Waals surface area contributed by atoms with E-state index in [-0.39, 0.29) is 5.56 Å². The highest BCUT2D eigenvalue weighted by Crippen LogP contribution is 2.29. The molecule has 98 valence electrons. The fourth-order valence-electron chi connectivity index (χ4n) is 1.32. The van der Waals surface area contributed by atoms with E-state index in [4.69, 9.17) is 5.11 Å². The maximum atomic E-state index is 12.4. The van der Waals surface area contributed by atoms with Gasteiger partial charge in [0.15, 0.2) is 0 Å². The van der Waals surface area contributed by atoms with Crippen LogP contribution < -0.4 is 0 Å². The third-order valence-electron chi connectivity index (χ3n) is 2.16. The Hall–Kier alpha value is -2.05. The number of alkyl halides is 3. The number of halogens is 3. The molecule has 4 nitrogen and oxygen atoms in total. The van der Waals surface area contributed by atoms with Crippen LogP contribution in [0.2, 0.25) is 0 Å². The topological polar surface area (TPSA) is 57.6 Å². The second-order valence-corrected chi connectivity index (χ2v) is 3.63. The normalized spacial score (nSPS) is 11.1. The summed E-state index contributed by atoms with van der Waals surface area (Å²) in [6, 6.07) is 3.84. The first-order valence-corrected chi connectivity index (χ1v) is 4.86. The summed E-state index contributed by atoms with van der Waals surface area (Å²) >= 11 is 0. The Kier molecular flexibility index (Phi) is 3.95. The summed E-state index contributed by atoms with van der Waals surface area (Å²) in [5, 5.41) is 8.49. The van der Waals surface area contributed by atoms with E-state index < -0.39 is 30.2 Å². The molecule has 0 unspecified atom stereocenters. The number of nitrogens with zero attached hydrogens (tertiary/aromatic N) is 1. The van der Waals surface area contributed by atoms with Crippen LogP contribution in [-0.2, 0) is 11.0 Å². The van der Waals surface area contributed by atoms with Crippen LogP contribution >= 0.6 is 0 Å². The van der Waals surface area contributed by atoms with Crippen LogP contribution in [0.5, 0.6) is 0 Å². The van der Waals surface area contributed by atoms with Crippen LogP contribution in [0.4, 0.5) is 13.2 Å². The van der Waals surface area contributed by atoms with E-state index in [1.807, 2.05) is 0 Å². The van der Waals surface area contributed by atoms with Crippen LogP contribution in [0.3, 0.4) is 0 Å². The fraction of sp³-hybridized carbons (Fsp3) is 0.273. The van der Waals surface area contributed by atoms with Gasteiger partial charge in [0.25, 0.3) is 5.91 Å². The average Bonchev–Trinajstić information content (AvgIpc) is 2.26. The van der Waals surface area contributed by atoms with Crippen molar-refractivity contribution < 1.29 is 27.9 Å². The quantitative estimate of drug-likeness (QED) is 0.903. The highest BCUT2D eigenvalue weighted by atomic mass is 19.4. The summed E-state index contributed by atoms with van der Waals surface area (Å²) in [7, 11) is 1.21. The van der Waals surface area contributed by atoms with Crippen LogP contribution in [0, 0.1) is 0 Å². The number of amides is 1. The van der Waals surface area contributed by atoms with Gasteiger partial charge in [-0.1, -0.05) is 6.07 Å². The second kappa shape index (κ2) is 5.07. The number of likely N-dealkylation sites (N-methyl/N-ethyl adjacent to an activating group) is 1. The minimum atomic E-state index is -4.54. The first kappa shape index (κ1) is 14.0. The van der Waals surface area contributed by atoms with Gasteiger partial charge < -0.3 is 10.0 Å². The monoisotopic (exact) mass is 261 g/mol. The summed E-state index contributed by atoms with van der Waals surface area (Å²) in [6.07, 6.45) is -4.54. The lowest BCUT2D eigenvalue weighted by Gasteiger charge is -2.15. The Bertz CT molecular complexity index is 471. The SMILES string of the molecule is CN(CC(=O)O)C(=O)c1cccc(C(F)(F)F)c1. The molecule has 1 amide bonds. The Balaban J connectivity index is 2.97. The van der Waals surface area contributed by atoms with Gasteiger partial charge in [0, 0.05) is 12.6 Å². The molecular formula is C11H10F3NO3. The number of carboxylic acid groups (broad SMARTS) is 1. The molecule has 0 aromatic heterocycles. The Morgan fingerprint density at radius 2 is 1.94 bits per heavy atom. The number of hydrogen-bond donors (Lipinski definition) is 1. The molecule has 0 aliphatic carbocycles. The zero-order valence-corrected chi connectivity index (χ0v) is 9.36. The lowest BCUT2D eigenvalue weighted by Crippen LogP contribution is -2.32. The molecule has 0 radical (unpaired) electrons. The largest absolute Gasteiger partial charge is 0.480 e. The van der Waals surface area contributed by atoms with E-state index in [1.165, 1.54) is 13.1 Å². The van der Waals surface area contributed by atoms with Gasteiger partial charge in [-0.3, -0.25) is 9.59 Å². The van der Waals surface area contributed by atoms with Gasteiger partial charge in [0.05, 0.1) is 5.56 Å². The second-order valence-electron chi connectivity index (χ2n) is 3.63. The lowest BCUT2D eigenvalue weighted by atomic mass is 10.1. The van der Waals surface area contributed by atoms with Crippen molar-refractivity contribution in [3.05, 3.63) is 35.4 Å². The summed E-state index contributed by atoms with van der Waals surface area (Å²) < 4.78 is 37.3. The molecule has 0 aliphatic heterocycles. The summed E-state index contributed by atoms with van der Waals surface area (Å²) in [5.74, 6) is -2.01. The van der Waals surface area contributed by atoms with E-state index in [1.54, 1.807) is 0 Å². The van der Waals surface area contributed by atoms with Crippen molar-refractivity contribution >= 4 is 11.9 Å². The van der Waals surface area contributed by atoms with Crippen molar-refractivity contribution in [2.75, 3.05) is 13.6 Å². The molecule has 0 heterocycles. The van der Waals surface area contributed by atoms with Gasteiger partial charge in [0.2, 0.25) is 0 Å². The molecule has 0 saturated heterocycles. The van der Waals surface area contributed by atoms with Crippen LogP contribution in [0.15, 0.2) is 24.3 Å². The van der Waals surface area contributed by atoms with Gasteiger partial charge >= 0.3 is 12.1 Å². The molecule has 0 aliphatic rings. The molecule has 18 heavy (non-hydrogen) atoms. The average molecular weight is 261 g/mol. The van der Waals surface area contributed by atoms with Crippen LogP contribution in [-0.4, -0.2) is 35.5 Å². The summed E-state index contributed by atoms with van der Waals surface area (Å²) in [6.45, 7) is -0.574. The number of benzene rings is 1. The molecule has 1 N–H and O–H groups in total. The number of aliphatic carboxylic acids is 1. The molecule has 0 fully saturated rings. The maximum absolute atomic E-state index is 12.4. The van der Waals surface area contributed by atoms with Gasteiger partial charge in [-0.15, -0.1) is 0 Å². The van der Waals surface area contributed by atoms with E-state index >= 15 is 0 Å². The van der Waals surface area contributed by atoms with E-state index in [9.17, 15) is 22.8 Å². The number of hydrogen-bond acceptors (Lipinski definition) is 2. The molecule has 0 spiro atoms. The minimum Gasteiger partial charge on any atom is -0.480 e. The van der Waals surface area contributed by atoms with Gasteiger partial charge in [-0.05, 0) is 18.2 Å². The van der Waals surface area contributed by atoms with Crippen molar-refractivity contribution in [2.24, 2.45) is 0 Å². The van der Waals surface area contributed by atoms with E-state index in [0.717, 1.165) is 17.0 Å². The van der Waals surface area contributed by atoms with Crippen molar-refractivity contribution in [1.29, 1.82) is 0 Å². The fourth-order valence-corrected chi connectivity index (χ4v) is 1.32. The molecular weight excluding hydrogens is 251 g/mol. The number of carbonyl (C=O) groups is 2. The number of carbonyl (C=O) groups excluding carboxylic acids is 1. The zero-order valence-electron chi connectivity index (χ0n) is 9.36. The van der Waals surface area contributed by atoms with Crippen LogP contribution in [0.1, 0.15) is 15.9 Å². The Morgan fingerprint density at radius 1 is 1.33 bits per heavy atom.